The molecule has 17 heavy (non-hydrogen) atoms. The molecule has 0 spiro atoms. The normalized spacial score (nSPS) is 12.8. The molecule has 0 aliphatic carbocycles. The molecule has 2 aromatic rings. The average Bonchev–Trinajstić information content (AvgIpc) is 2.63. The van der Waals surface area contributed by atoms with Gasteiger partial charge >= 0.3 is 0 Å². The quantitative estimate of drug-likeness (QED) is 0.427. The molecule has 0 aliphatic heterocycles. The lowest BCUT2D eigenvalue weighted by molar-refractivity contribution is 1.11. The number of hydrogen-bond acceptors (Lipinski definition) is 1. The first-order valence-electron chi connectivity index (χ1n) is 5.45. The SMILES string of the molecule is Cc1cc(C)c(C(Br)c2csc(I)c2)c(C)c1. The highest BCUT2D eigenvalue weighted by Gasteiger charge is 2.16. The Kier molecular flexibility index (Phi) is 4.31. The van der Waals surface area contributed by atoms with Crippen LogP contribution in [0.2, 0.25) is 0 Å². The summed E-state index contributed by atoms with van der Waals surface area (Å²) in [6.45, 7) is 6.54. The Hall–Kier alpha value is 0.130. The molecule has 1 unspecified atom stereocenters. The Balaban J connectivity index is 2.47. The molecular weight excluding hydrogens is 407 g/mol. The van der Waals surface area contributed by atoms with Crippen LogP contribution in [0, 0.1) is 23.7 Å². The maximum absolute atomic E-state index is 3.84. The van der Waals surface area contributed by atoms with Gasteiger partial charge in [-0.05, 0) is 77.1 Å². The minimum Gasteiger partial charge on any atom is -0.137 e. The van der Waals surface area contributed by atoms with E-state index in [1.807, 2.05) is 0 Å². The maximum Gasteiger partial charge on any atom is 0.0658 e. The van der Waals surface area contributed by atoms with Gasteiger partial charge in [0.1, 0.15) is 0 Å². The number of alkyl halides is 1. The van der Waals surface area contributed by atoms with Gasteiger partial charge in [-0.2, -0.15) is 0 Å². The van der Waals surface area contributed by atoms with Crippen molar-refractivity contribution in [2.24, 2.45) is 0 Å². The first kappa shape index (κ1) is 13.6. The van der Waals surface area contributed by atoms with Crippen molar-refractivity contribution in [1.29, 1.82) is 0 Å². The van der Waals surface area contributed by atoms with Crippen molar-refractivity contribution in [2.45, 2.75) is 25.6 Å². The molecule has 0 radical (unpaired) electrons. The fraction of sp³-hybridized carbons (Fsp3) is 0.286. The largest absolute Gasteiger partial charge is 0.137 e. The Morgan fingerprint density at radius 2 is 1.71 bits per heavy atom. The Labute approximate surface area is 129 Å². The van der Waals surface area contributed by atoms with Gasteiger partial charge in [-0.1, -0.05) is 33.6 Å². The summed E-state index contributed by atoms with van der Waals surface area (Å²) in [4.78, 5) is 0.308. The molecule has 2 rings (SSSR count). The van der Waals surface area contributed by atoms with E-state index in [1.54, 1.807) is 11.3 Å². The minimum atomic E-state index is 0.308. The van der Waals surface area contributed by atoms with Crippen molar-refractivity contribution in [1.82, 2.24) is 0 Å². The van der Waals surface area contributed by atoms with Crippen LogP contribution in [0.15, 0.2) is 23.6 Å². The van der Waals surface area contributed by atoms with Gasteiger partial charge in [-0.15, -0.1) is 11.3 Å². The third-order valence-electron chi connectivity index (χ3n) is 2.87. The molecule has 90 valence electrons. The lowest BCUT2D eigenvalue weighted by atomic mass is 9.95. The minimum absolute atomic E-state index is 0.308. The molecule has 0 amide bonds. The van der Waals surface area contributed by atoms with Crippen molar-refractivity contribution in [3.05, 3.63) is 54.3 Å². The van der Waals surface area contributed by atoms with Crippen LogP contribution in [0.3, 0.4) is 0 Å². The molecule has 0 fully saturated rings. The molecule has 0 saturated carbocycles. The third-order valence-corrected chi connectivity index (χ3v) is 5.67. The second-order valence-corrected chi connectivity index (χ2v) is 8.08. The summed E-state index contributed by atoms with van der Waals surface area (Å²) in [5.41, 5.74) is 6.83. The van der Waals surface area contributed by atoms with E-state index < -0.39 is 0 Å². The van der Waals surface area contributed by atoms with Gasteiger partial charge in [-0.25, -0.2) is 0 Å². The summed E-state index contributed by atoms with van der Waals surface area (Å²) in [5, 5.41) is 2.24. The van der Waals surface area contributed by atoms with Crippen molar-refractivity contribution < 1.29 is 0 Å². The lowest BCUT2D eigenvalue weighted by Gasteiger charge is -2.16. The predicted octanol–water partition coefficient (Wildman–Crippen LogP) is 5.76. The van der Waals surface area contributed by atoms with E-state index in [9.17, 15) is 0 Å². The Morgan fingerprint density at radius 3 is 2.18 bits per heavy atom. The molecule has 1 aromatic heterocycles. The van der Waals surface area contributed by atoms with Crippen molar-refractivity contribution in [3.8, 4) is 0 Å². The molecule has 1 heterocycles. The molecule has 0 saturated heterocycles. The Morgan fingerprint density at radius 1 is 1.12 bits per heavy atom. The van der Waals surface area contributed by atoms with Gasteiger partial charge in [-0.3, -0.25) is 0 Å². The average molecular weight is 421 g/mol. The van der Waals surface area contributed by atoms with Gasteiger partial charge in [0.2, 0.25) is 0 Å². The highest BCUT2D eigenvalue weighted by atomic mass is 127. The molecule has 1 atom stereocenters. The molecule has 0 aliphatic rings. The standard InChI is InChI=1S/C14H14BrIS/c1-8-4-9(2)13(10(3)5-8)14(15)11-6-12(16)17-7-11/h4-7,14H,1-3H3. The second-order valence-electron chi connectivity index (χ2n) is 4.36. The van der Waals surface area contributed by atoms with Gasteiger partial charge in [0.15, 0.2) is 0 Å². The summed E-state index contributed by atoms with van der Waals surface area (Å²) < 4.78 is 1.34. The fourth-order valence-electron chi connectivity index (χ4n) is 2.21. The van der Waals surface area contributed by atoms with Crippen LogP contribution < -0.4 is 0 Å². The molecule has 0 nitrogen and oxygen atoms in total. The summed E-state index contributed by atoms with van der Waals surface area (Å²) in [6.07, 6.45) is 0. The van der Waals surface area contributed by atoms with Gasteiger partial charge < -0.3 is 0 Å². The predicted molar refractivity (Wildman–Crippen MR) is 88.5 cm³/mol. The number of rotatable bonds is 2. The molecule has 3 heteroatoms. The number of benzene rings is 1. The highest BCUT2D eigenvalue weighted by molar-refractivity contribution is 14.1. The van der Waals surface area contributed by atoms with Gasteiger partial charge in [0, 0.05) is 0 Å². The van der Waals surface area contributed by atoms with E-state index in [0.717, 1.165) is 0 Å². The van der Waals surface area contributed by atoms with E-state index in [4.69, 9.17) is 0 Å². The first-order chi connectivity index (χ1) is 7.99. The summed E-state index contributed by atoms with van der Waals surface area (Å²) in [6, 6.07) is 6.77. The first-order valence-corrected chi connectivity index (χ1v) is 8.32. The van der Waals surface area contributed by atoms with Gasteiger partial charge in [0.05, 0.1) is 7.71 Å². The summed E-state index contributed by atoms with van der Waals surface area (Å²) in [7, 11) is 0. The summed E-state index contributed by atoms with van der Waals surface area (Å²) in [5.74, 6) is 0. The zero-order chi connectivity index (χ0) is 12.6. The molecule has 0 bridgehead atoms. The van der Waals surface area contributed by atoms with Crippen molar-refractivity contribution >= 4 is 49.9 Å². The number of hydrogen-bond donors (Lipinski definition) is 0. The third kappa shape index (κ3) is 2.93. The molecular formula is C14H14BrIS. The van der Waals surface area contributed by atoms with Crippen LogP contribution in [0.4, 0.5) is 0 Å². The van der Waals surface area contributed by atoms with E-state index in [2.05, 4.69) is 82.9 Å². The smallest absolute Gasteiger partial charge is 0.0658 e. The van der Waals surface area contributed by atoms with Crippen LogP contribution in [0.1, 0.15) is 32.6 Å². The van der Waals surface area contributed by atoms with Crippen LogP contribution in [-0.4, -0.2) is 0 Å². The van der Waals surface area contributed by atoms with E-state index >= 15 is 0 Å². The second kappa shape index (κ2) is 5.41. The topological polar surface area (TPSA) is 0 Å². The number of aryl methyl sites for hydroxylation is 3. The fourth-order valence-corrected chi connectivity index (χ4v) is 4.77. The summed E-state index contributed by atoms with van der Waals surface area (Å²) >= 11 is 8.01. The maximum atomic E-state index is 3.84. The lowest BCUT2D eigenvalue weighted by Crippen LogP contribution is -1.99. The van der Waals surface area contributed by atoms with E-state index in [0.29, 0.717) is 4.83 Å². The van der Waals surface area contributed by atoms with Gasteiger partial charge in [0.25, 0.3) is 0 Å². The zero-order valence-electron chi connectivity index (χ0n) is 10.1. The highest BCUT2D eigenvalue weighted by Crippen LogP contribution is 2.37. The van der Waals surface area contributed by atoms with Crippen molar-refractivity contribution in [2.75, 3.05) is 0 Å². The van der Waals surface area contributed by atoms with Crippen LogP contribution >= 0.6 is 49.9 Å². The van der Waals surface area contributed by atoms with Crippen LogP contribution in [-0.2, 0) is 0 Å². The van der Waals surface area contributed by atoms with Crippen molar-refractivity contribution in [3.63, 3.8) is 0 Å². The monoisotopic (exact) mass is 420 g/mol. The molecule has 0 N–H and O–H groups in total. The Bertz CT molecular complexity index is 522. The van der Waals surface area contributed by atoms with Crippen LogP contribution in [0.5, 0.6) is 0 Å². The number of halogens is 2. The van der Waals surface area contributed by atoms with E-state index in [1.165, 1.54) is 30.7 Å². The van der Waals surface area contributed by atoms with E-state index in [-0.39, 0.29) is 0 Å². The number of thiophene rings is 1. The van der Waals surface area contributed by atoms with Crippen LogP contribution in [0.25, 0.3) is 0 Å². The molecule has 1 aromatic carbocycles. The zero-order valence-corrected chi connectivity index (χ0v) is 14.6.